The summed E-state index contributed by atoms with van der Waals surface area (Å²) < 4.78 is 1.91. The highest BCUT2D eigenvalue weighted by Gasteiger charge is 2.07. The Kier molecular flexibility index (Phi) is 4.82. The van der Waals surface area contributed by atoms with Crippen LogP contribution in [0.5, 0.6) is 0 Å². The molecule has 0 radical (unpaired) electrons. The van der Waals surface area contributed by atoms with Crippen LogP contribution >= 0.6 is 0 Å². The maximum atomic E-state index is 4.44. The van der Waals surface area contributed by atoms with Crippen molar-refractivity contribution in [2.24, 2.45) is 7.05 Å². The first-order chi connectivity index (χ1) is 7.21. The summed E-state index contributed by atoms with van der Waals surface area (Å²) in [6.07, 6.45) is 5.52. The van der Waals surface area contributed by atoms with Crippen LogP contribution in [-0.4, -0.2) is 15.8 Å². The smallest absolute Gasteiger partial charge is 0.0666 e. The minimum Gasteiger partial charge on any atom is -0.310 e. The summed E-state index contributed by atoms with van der Waals surface area (Å²) in [4.78, 5) is 0. The quantitative estimate of drug-likeness (QED) is 0.779. The molecule has 0 fully saturated rings. The van der Waals surface area contributed by atoms with E-state index in [0.717, 1.165) is 13.0 Å². The topological polar surface area (TPSA) is 29.9 Å². The van der Waals surface area contributed by atoms with Gasteiger partial charge in [0.2, 0.25) is 0 Å². The van der Waals surface area contributed by atoms with E-state index < -0.39 is 0 Å². The van der Waals surface area contributed by atoms with E-state index in [1.54, 1.807) is 0 Å². The van der Waals surface area contributed by atoms with Crippen molar-refractivity contribution in [3.8, 4) is 0 Å². The number of hydrogen-bond donors (Lipinski definition) is 1. The average Bonchev–Trinajstić information content (AvgIpc) is 2.60. The van der Waals surface area contributed by atoms with Crippen LogP contribution in [0.1, 0.15) is 44.9 Å². The lowest BCUT2D eigenvalue weighted by molar-refractivity contribution is 0.483. The maximum absolute atomic E-state index is 4.44. The second-order valence-electron chi connectivity index (χ2n) is 4.02. The Morgan fingerprint density at radius 2 is 2.00 bits per heavy atom. The fourth-order valence-corrected chi connectivity index (χ4v) is 1.86. The summed E-state index contributed by atoms with van der Waals surface area (Å²) in [5.41, 5.74) is 2.56. The van der Waals surface area contributed by atoms with Crippen molar-refractivity contribution < 1.29 is 0 Å². The first-order valence-electron chi connectivity index (χ1n) is 5.95. The molecule has 86 valence electrons. The van der Waals surface area contributed by atoms with E-state index in [2.05, 4.69) is 37.4 Å². The van der Waals surface area contributed by atoms with Gasteiger partial charge in [0.1, 0.15) is 0 Å². The summed E-state index contributed by atoms with van der Waals surface area (Å²) in [7, 11) is 1.99. The van der Waals surface area contributed by atoms with E-state index in [4.69, 9.17) is 0 Å². The van der Waals surface area contributed by atoms with Crippen LogP contribution in [-0.2, 0) is 20.0 Å². The SMILES string of the molecule is CCc1nn(C)cc1CNC(CC)CC. The Labute approximate surface area is 92.9 Å². The van der Waals surface area contributed by atoms with E-state index in [9.17, 15) is 0 Å². The molecule has 0 aromatic carbocycles. The van der Waals surface area contributed by atoms with Crippen LogP contribution in [0.3, 0.4) is 0 Å². The molecule has 0 saturated carbocycles. The molecule has 3 nitrogen and oxygen atoms in total. The van der Waals surface area contributed by atoms with Crippen LogP contribution in [0, 0.1) is 0 Å². The van der Waals surface area contributed by atoms with E-state index in [0.29, 0.717) is 6.04 Å². The van der Waals surface area contributed by atoms with Crippen molar-refractivity contribution in [3.05, 3.63) is 17.5 Å². The molecule has 1 aromatic rings. The molecule has 1 heterocycles. The zero-order valence-electron chi connectivity index (χ0n) is 10.4. The van der Waals surface area contributed by atoms with Gasteiger partial charge in [-0.25, -0.2) is 0 Å². The van der Waals surface area contributed by atoms with Gasteiger partial charge in [-0.15, -0.1) is 0 Å². The average molecular weight is 209 g/mol. The zero-order chi connectivity index (χ0) is 11.3. The largest absolute Gasteiger partial charge is 0.310 e. The van der Waals surface area contributed by atoms with Crippen LogP contribution in [0.4, 0.5) is 0 Å². The molecule has 0 aliphatic rings. The summed E-state index contributed by atoms with van der Waals surface area (Å²) in [6, 6.07) is 0.634. The summed E-state index contributed by atoms with van der Waals surface area (Å²) in [5, 5.41) is 8.01. The van der Waals surface area contributed by atoms with Gasteiger partial charge in [0, 0.05) is 31.4 Å². The number of rotatable bonds is 6. The van der Waals surface area contributed by atoms with E-state index in [-0.39, 0.29) is 0 Å². The Hall–Kier alpha value is -0.830. The molecule has 0 spiro atoms. The fraction of sp³-hybridized carbons (Fsp3) is 0.750. The normalized spacial score (nSPS) is 11.3. The Balaban J connectivity index is 2.55. The molecule has 1 rings (SSSR count). The monoisotopic (exact) mass is 209 g/mol. The highest BCUT2D eigenvalue weighted by molar-refractivity contribution is 5.16. The van der Waals surface area contributed by atoms with Gasteiger partial charge < -0.3 is 5.32 Å². The third-order valence-electron chi connectivity index (χ3n) is 2.89. The number of aryl methyl sites for hydroxylation is 2. The lowest BCUT2D eigenvalue weighted by atomic mass is 10.1. The Morgan fingerprint density at radius 1 is 1.33 bits per heavy atom. The van der Waals surface area contributed by atoms with Crippen molar-refractivity contribution in [3.63, 3.8) is 0 Å². The summed E-state index contributed by atoms with van der Waals surface area (Å²) in [6.45, 7) is 7.56. The Bertz CT molecular complexity index is 287. The molecule has 1 N–H and O–H groups in total. The third-order valence-corrected chi connectivity index (χ3v) is 2.89. The summed E-state index contributed by atoms with van der Waals surface area (Å²) >= 11 is 0. The lowest BCUT2D eigenvalue weighted by Gasteiger charge is -2.14. The first-order valence-corrected chi connectivity index (χ1v) is 5.95. The number of aromatic nitrogens is 2. The lowest BCUT2D eigenvalue weighted by Crippen LogP contribution is -2.27. The molecular formula is C12H23N3. The maximum Gasteiger partial charge on any atom is 0.0666 e. The van der Waals surface area contributed by atoms with Gasteiger partial charge in [-0.2, -0.15) is 5.10 Å². The van der Waals surface area contributed by atoms with Gasteiger partial charge >= 0.3 is 0 Å². The molecule has 0 atom stereocenters. The molecule has 0 amide bonds. The van der Waals surface area contributed by atoms with Crippen molar-refractivity contribution in [2.45, 2.75) is 52.6 Å². The highest BCUT2D eigenvalue weighted by Crippen LogP contribution is 2.08. The van der Waals surface area contributed by atoms with Gasteiger partial charge in [-0.1, -0.05) is 20.8 Å². The van der Waals surface area contributed by atoms with Crippen LogP contribution in [0.15, 0.2) is 6.20 Å². The first kappa shape index (κ1) is 12.2. The van der Waals surface area contributed by atoms with Crippen LogP contribution < -0.4 is 5.32 Å². The van der Waals surface area contributed by atoms with Crippen LogP contribution in [0.25, 0.3) is 0 Å². The predicted molar refractivity (Wildman–Crippen MR) is 63.8 cm³/mol. The van der Waals surface area contributed by atoms with Gasteiger partial charge in [-0.05, 0) is 19.3 Å². The van der Waals surface area contributed by atoms with Crippen molar-refractivity contribution >= 4 is 0 Å². The van der Waals surface area contributed by atoms with Gasteiger partial charge in [0.05, 0.1) is 5.69 Å². The van der Waals surface area contributed by atoms with E-state index >= 15 is 0 Å². The molecule has 0 bridgehead atoms. The molecule has 1 aromatic heterocycles. The van der Waals surface area contributed by atoms with Crippen molar-refractivity contribution in [1.82, 2.24) is 15.1 Å². The molecule has 0 saturated heterocycles. The second kappa shape index (κ2) is 5.91. The second-order valence-corrected chi connectivity index (χ2v) is 4.02. The van der Waals surface area contributed by atoms with Gasteiger partial charge in [-0.3, -0.25) is 4.68 Å². The minimum atomic E-state index is 0.634. The van der Waals surface area contributed by atoms with Crippen molar-refractivity contribution in [2.75, 3.05) is 0 Å². The number of hydrogen-bond acceptors (Lipinski definition) is 2. The van der Waals surface area contributed by atoms with Crippen molar-refractivity contribution in [1.29, 1.82) is 0 Å². The molecule has 0 unspecified atom stereocenters. The van der Waals surface area contributed by atoms with E-state index in [1.807, 2.05) is 11.7 Å². The predicted octanol–water partition coefficient (Wildman–Crippen LogP) is 2.26. The fourth-order valence-electron chi connectivity index (χ4n) is 1.86. The molecule has 0 aliphatic heterocycles. The van der Waals surface area contributed by atoms with Gasteiger partial charge in [0.25, 0.3) is 0 Å². The Morgan fingerprint density at radius 3 is 2.53 bits per heavy atom. The zero-order valence-corrected chi connectivity index (χ0v) is 10.4. The number of nitrogens with one attached hydrogen (secondary N) is 1. The molecular weight excluding hydrogens is 186 g/mol. The van der Waals surface area contributed by atoms with Crippen LogP contribution in [0.2, 0.25) is 0 Å². The highest BCUT2D eigenvalue weighted by atomic mass is 15.3. The number of nitrogens with zero attached hydrogens (tertiary/aromatic N) is 2. The van der Waals surface area contributed by atoms with E-state index in [1.165, 1.54) is 24.1 Å². The van der Waals surface area contributed by atoms with Gasteiger partial charge in [0.15, 0.2) is 0 Å². The molecule has 3 heteroatoms. The molecule has 15 heavy (non-hydrogen) atoms. The summed E-state index contributed by atoms with van der Waals surface area (Å²) in [5.74, 6) is 0. The third kappa shape index (κ3) is 3.34. The minimum absolute atomic E-state index is 0.634. The molecule has 0 aliphatic carbocycles. The standard InChI is InChI=1S/C12H23N3/c1-5-11(6-2)13-8-10-9-15(4)14-12(10)7-3/h9,11,13H,5-8H2,1-4H3.